The number of hydrogen-bond acceptors (Lipinski definition) is 2. The first-order valence-electron chi connectivity index (χ1n) is 6.48. The smallest absolute Gasteiger partial charge is 0.113 e. The average Bonchev–Trinajstić information content (AvgIpc) is 2.98. The molecule has 0 bridgehead atoms. The third-order valence-electron chi connectivity index (χ3n) is 3.22. The van der Waals surface area contributed by atoms with Gasteiger partial charge >= 0.3 is 0 Å². The number of aromatic nitrogens is 3. The van der Waals surface area contributed by atoms with E-state index >= 15 is 0 Å². The normalized spacial score (nSPS) is 10.4. The van der Waals surface area contributed by atoms with Crippen LogP contribution in [0.25, 0.3) is 17.0 Å². The van der Waals surface area contributed by atoms with Gasteiger partial charge in [-0.05, 0) is 12.5 Å². The molecule has 0 radical (unpaired) electrons. The van der Waals surface area contributed by atoms with Gasteiger partial charge in [0, 0.05) is 5.56 Å². The molecular formula is C17H15N3. The number of aryl methyl sites for hydroxylation is 1. The Labute approximate surface area is 118 Å². The van der Waals surface area contributed by atoms with Gasteiger partial charge in [0.15, 0.2) is 0 Å². The Morgan fingerprint density at radius 3 is 2.40 bits per heavy atom. The van der Waals surface area contributed by atoms with Crippen molar-refractivity contribution in [2.75, 3.05) is 0 Å². The second-order valence-corrected chi connectivity index (χ2v) is 4.73. The summed E-state index contributed by atoms with van der Waals surface area (Å²) >= 11 is 0. The first-order chi connectivity index (χ1) is 9.74. The summed E-state index contributed by atoms with van der Waals surface area (Å²) in [6.45, 7) is 6.14. The molecule has 0 aliphatic rings. The maximum absolute atomic E-state index is 4.21. The van der Waals surface area contributed by atoms with E-state index in [1.54, 1.807) is 4.68 Å². The third-order valence-corrected chi connectivity index (χ3v) is 3.22. The Kier molecular flexibility index (Phi) is 3.17. The Hall–Kier alpha value is -2.68. The zero-order valence-corrected chi connectivity index (χ0v) is 11.3. The van der Waals surface area contributed by atoms with Gasteiger partial charge in [0.1, 0.15) is 5.69 Å². The topological polar surface area (TPSA) is 30.7 Å². The molecule has 0 N–H and O–H groups in total. The Balaban J connectivity index is 1.91. The first-order valence-corrected chi connectivity index (χ1v) is 6.48. The highest BCUT2D eigenvalue weighted by atomic mass is 15.4. The number of nitrogens with zero attached hydrogens (tertiary/aromatic N) is 3. The molecular weight excluding hydrogens is 246 g/mol. The summed E-state index contributed by atoms with van der Waals surface area (Å²) in [6.07, 6.45) is 1.90. The van der Waals surface area contributed by atoms with Crippen LogP contribution in [0.4, 0.5) is 0 Å². The highest BCUT2D eigenvalue weighted by Gasteiger charge is 2.07. The molecule has 3 heteroatoms. The van der Waals surface area contributed by atoms with Gasteiger partial charge in [-0.1, -0.05) is 72.0 Å². The van der Waals surface area contributed by atoms with Crippen LogP contribution in [0.5, 0.6) is 0 Å². The van der Waals surface area contributed by atoms with E-state index in [-0.39, 0.29) is 0 Å². The Morgan fingerprint density at radius 1 is 1.00 bits per heavy atom. The van der Waals surface area contributed by atoms with Crippen LogP contribution in [0.1, 0.15) is 11.1 Å². The van der Waals surface area contributed by atoms with Crippen LogP contribution in [-0.4, -0.2) is 15.0 Å². The predicted octanol–water partition coefficient (Wildman–Crippen LogP) is 3.77. The van der Waals surface area contributed by atoms with Crippen molar-refractivity contribution in [1.82, 2.24) is 15.0 Å². The monoisotopic (exact) mass is 261 g/mol. The van der Waals surface area contributed by atoms with Gasteiger partial charge in [0.25, 0.3) is 0 Å². The second kappa shape index (κ2) is 5.13. The molecule has 0 fully saturated rings. The molecule has 0 aliphatic heterocycles. The largest absolute Gasteiger partial charge is 0.220 e. The van der Waals surface area contributed by atoms with E-state index in [1.807, 2.05) is 36.5 Å². The lowest BCUT2D eigenvalue weighted by atomic mass is 10.1. The van der Waals surface area contributed by atoms with Crippen LogP contribution in [0.15, 0.2) is 67.4 Å². The van der Waals surface area contributed by atoms with E-state index in [9.17, 15) is 0 Å². The molecule has 1 aromatic heterocycles. The lowest BCUT2D eigenvalue weighted by Crippen LogP contribution is -1.97. The van der Waals surface area contributed by atoms with Crippen LogP contribution < -0.4 is 0 Å². The van der Waals surface area contributed by atoms with E-state index < -0.39 is 0 Å². The van der Waals surface area contributed by atoms with E-state index in [0.29, 0.717) is 0 Å². The van der Waals surface area contributed by atoms with E-state index in [1.165, 1.54) is 5.56 Å². The molecule has 0 saturated heterocycles. The lowest BCUT2D eigenvalue weighted by molar-refractivity contribution is 0.823. The van der Waals surface area contributed by atoms with Crippen molar-refractivity contribution in [2.24, 2.45) is 0 Å². The summed E-state index contributed by atoms with van der Waals surface area (Å²) < 4.78 is 1.71. The van der Waals surface area contributed by atoms with E-state index in [4.69, 9.17) is 0 Å². The van der Waals surface area contributed by atoms with Gasteiger partial charge < -0.3 is 0 Å². The highest BCUT2D eigenvalue weighted by molar-refractivity contribution is 5.65. The molecule has 0 amide bonds. The molecule has 0 atom stereocenters. The minimum Gasteiger partial charge on any atom is -0.220 e. The molecule has 0 aliphatic carbocycles. The first kappa shape index (κ1) is 12.4. The van der Waals surface area contributed by atoms with Gasteiger partial charge in [-0.25, -0.2) is 4.68 Å². The van der Waals surface area contributed by atoms with Crippen LogP contribution in [0.2, 0.25) is 0 Å². The fourth-order valence-electron chi connectivity index (χ4n) is 2.02. The van der Waals surface area contributed by atoms with Gasteiger partial charge in [-0.2, -0.15) is 0 Å². The highest BCUT2D eigenvalue weighted by Crippen LogP contribution is 2.19. The molecule has 3 aromatic rings. The second-order valence-electron chi connectivity index (χ2n) is 4.73. The summed E-state index contributed by atoms with van der Waals surface area (Å²) in [5.74, 6) is 0. The van der Waals surface area contributed by atoms with Crippen molar-refractivity contribution in [2.45, 2.75) is 6.92 Å². The molecule has 1 heterocycles. The SMILES string of the molecule is C=C(c1ccccc1)n1cc(-c2ccc(C)cc2)nn1. The number of hydrogen-bond donors (Lipinski definition) is 0. The molecule has 0 saturated carbocycles. The number of rotatable bonds is 3. The fourth-order valence-corrected chi connectivity index (χ4v) is 2.02. The van der Waals surface area contributed by atoms with Crippen molar-refractivity contribution in [3.05, 3.63) is 78.5 Å². The van der Waals surface area contributed by atoms with Crippen molar-refractivity contribution < 1.29 is 0 Å². The van der Waals surface area contributed by atoms with Crippen LogP contribution in [0.3, 0.4) is 0 Å². The molecule has 3 rings (SSSR count). The number of benzene rings is 2. The third kappa shape index (κ3) is 2.38. The minimum atomic E-state index is 0.816. The summed E-state index contributed by atoms with van der Waals surface area (Å²) in [4.78, 5) is 0. The van der Waals surface area contributed by atoms with Crippen molar-refractivity contribution in [1.29, 1.82) is 0 Å². The summed E-state index contributed by atoms with van der Waals surface area (Å²) in [6, 6.07) is 18.2. The quantitative estimate of drug-likeness (QED) is 0.718. The molecule has 20 heavy (non-hydrogen) atoms. The van der Waals surface area contributed by atoms with Crippen molar-refractivity contribution in [3.63, 3.8) is 0 Å². The fraction of sp³-hybridized carbons (Fsp3) is 0.0588. The molecule has 0 spiro atoms. The average molecular weight is 261 g/mol. The maximum Gasteiger partial charge on any atom is 0.113 e. The van der Waals surface area contributed by atoms with Gasteiger partial charge in [0.2, 0.25) is 0 Å². The molecule has 3 nitrogen and oxygen atoms in total. The standard InChI is InChI=1S/C17H15N3/c1-13-8-10-16(11-9-13)17-12-20(19-18-17)14(2)15-6-4-3-5-7-15/h3-12H,2H2,1H3. The summed E-state index contributed by atoms with van der Waals surface area (Å²) in [5, 5.41) is 8.37. The predicted molar refractivity (Wildman–Crippen MR) is 81.1 cm³/mol. The lowest BCUT2D eigenvalue weighted by Gasteiger charge is -2.03. The van der Waals surface area contributed by atoms with Crippen molar-refractivity contribution in [3.8, 4) is 11.3 Å². The van der Waals surface area contributed by atoms with Crippen LogP contribution in [-0.2, 0) is 0 Å². The van der Waals surface area contributed by atoms with Gasteiger partial charge in [-0.15, -0.1) is 5.10 Å². The Bertz CT molecular complexity index is 724. The van der Waals surface area contributed by atoms with E-state index in [0.717, 1.165) is 22.5 Å². The molecule has 0 unspecified atom stereocenters. The minimum absolute atomic E-state index is 0.816. The van der Waals surface area contributed by atoms with Crippen LogP contribution in [0, 0.1) is 6.92 Å². The van der Waals surface area contributed by atoms with Gasteiger partial charge in [-0.3, -0.25) is 0 Å². The Morgan fingerprint density at radius 2 is 1.70 bits per heavy atom. The summed E-state index contributed by atoms with van der Waals surface area (Å²) in [7, 11) is 0. The molecule has 98 valence electrons. The van der Waals surface area contributed by atoms with Crippen LogP contribution >= 0.6 is 0 Å². The molecule has 2 aromatic carbocycles. The van der Waals surface area contributed by atoms with Gasteiger partial charge in [0.05, 0.1) is 11.9 Å². The zero-order valence-electron chi connectivity index (χ0n) is 11.3. The summed E-state index contributed by atoms with van der Waals surface area (Å²) in [5.41, 5.74) is 4.99. The van der Waals surface area contributed by atoms with E-state index in [2.05, 4.69) is 48.1 Å². The maximum atomic E-state index is 4.21. The van der Waals surface area contributed by atoms with Crippen molar-refractivity contribution >= 4 is 5.70 Å². The zero-order chi connectivity index (χ0) is 13.9.